The molecule has 21 heavy (non-hydrogen) atoms. The zero-order valence-electron chi connectivity index (χ0n) is 13.2. The van der Waals surface area contributed by atoms with E-state index in [-0.39, 0.29) is 0 Å². The Morgan fingerprint density at radius 2 is 2.14 bits per heavy atom. The lowest BCUT2D eigenvalue weighted by atomic mass is 10.1. The van der Waals surface area contributed by atoms with Gasteiger partial charge < -0.3 is 5.32 Å². The number of nitrogens with one attached hydrogen (secondary N) is 1. The van der Waals surface area contributed by atoms with Crippen LogP contribution in [-0.4, -0.2) is 38.6 Å². The summed E-state index contributed by atoms with van der Waals surface area (Å²) >= 11 is 0. The Balaban J connectivity index is 1.82. The van der Waals surface area contributed by atoms with Gasteiger partial charge in [0.1, 0.15) is 0 Å². The van der Waals surface area contributed by atoms with Gasteiger partial charge in [-0.15, -0.1) is 0 Å². The minimum Gasteiger partial charge on any atom is -0.310 e. The van der Waals surface area contributed by atoms with Gasteiger partial charge in [-0.05, 0) is 43.9 Å². The Morgan fingerprint density at radius 1 is 1.38 bits per heavy atom. The zero-order chi connectivity index (χ0) is 15.5. The molecule has 0 saturated heterocycles. The van der Waals surface area contributed by atoms with E-state index in [1.165, 1.54) is 27.3 Å². The standard InChI is InChI=1S/C16H26N2O2S/c1-4-18(21(3,19)20)11-5-10-17-16-9-8-14-7-6-13(2)12-15(14)16/h6-7,12,16-17H,4-5,8-11H2,1-3H3. The number of hydrogen-bond acceptors (Lipinski definition) is 3. The van der Waals surface area contributed by atoms with Crippen LogP contribution in [0.4, 0.5) is 0 Å². The molecule has 1 aromatic carbocycles. The Labute approximate surface area is 128 Å². The van der Waals surface area contributed by atoms with E-state index in [1.54, 1.807) is 0 Å². The molecule has 0 heterocycles. The highest BCUT2D eigenvalue weighted by atomic mass is 32.2. The van der Waals surface area contributed by atoms with Gasteiger partial charge in [0.15, 0.2) is 0 Å². The van der Waals surface area contributed by atoms with E-state index in [9.17, 15) is 8.42 Å². The third-order valence-electron chi connectivity index (χ3n) is 4.18. The molecule has 118 valence electrons. The van der Waals surface area contributed by atoms with E-state index in [0.29, 0.717) is 19.1 Å². The van der Waals surface area contributed by atoms with E-state index in [2.05, 4.69) is 30.4 Å². The van der Waals surface area contributed by atoms with Crippen molar-refractivity contribution in [3.63, 3.8) is 0 Å². The maximum absolute atomic E-state index is 11.5. The van der Waals surface area contributed by atoms with E-state index >= 15 is 0 Å². The molecule has 1 aromatic rings. The molecule has 5 heteroatoms. The van der Waals surface area contributed by atoms with Crippen molar-refractivity contribution >= 4 is 10.0 Å². The van der Waals surface area contributed by atoms with Crippen molar-refractivity contribution in [2.45, 2.75) is 39.2 Å². The molecular weight excluding hydrogens is 284 g/mol. The average Bonchev–Trinajstić information content (AvgIpc) is 2.79. The predicted molar refractivity (Wildman–Crippen MR) is 87.0 cm³/mol. The minimum atomic E-state index is -3.06. The third-order valence-corrected chi connectivity index (χ3v) is 5.55. The van der Waals surface area contributed by atoms with Crippen LogP contribution in [0.3, 0.4) is 0 Å². The fourth-order valence-corrected chi connectivity index (χ4v) is 3.95. The average molecular weight is 310 g/mol. The second kappa shape index (κ2) is 6.90. The van der Waals surface area contributed by atoms with Crippen LogP contribution in [0.2, 0.25) is 0 Å². The van der Waals surface area contributed by atoms with Crippen molar-refractivity contribution < 1.29 is 8.42 Å². The zero-order valence-corrected chi connectivity index (χ0v) is 14.0. The molecule has 0 aromatic heterocycles. The lowest BCUT2D eigenvalue weighted by Crippen LogP contribution is -2.32. The summed E-state index contributed by atoms with van der Waals surface area (Å²) in [7, 11) is -3.06. The van der Waals surface area contributed by atoms with Crippen LogP contribution >= 0.6 is 0 Å². The normalized spacial score (nSPS) is 18.2. The highest BCUT2D eigenvalue weighted by Crippen LogP contribution is 2.31. The van der Waals surface area contributed by atoms with Gasteiger partial charge in [-0.1, -0.05) is 30.7 Å². The number of hydrogen-bond donors (Lipinski definition) is 1. The Kier molecular flexibility index (Phi) is 5.41. The van der Waals surface area contributed by atoms with Crippen molar-refractivity contribution in [1.29, 1.82) is 0 Å². The lowest BCUT2D eigenvalue weighted by molar-refractivity contribution is 0.410. The van der Waals surface area contributed by atoms with Gasteiger partial charge in [0, 0.05) is 19.1 Å². The summed E-state index contributed by atoms with van der Waals surface area (Å²) in [4.78, 5) is 0. The highest BCUT2D eigenvalue weighted by Gasteiger charge is 2.21. The van der Waals surface area contributed by atoms with E-state index in [0.717, 1.165) is 25.8 Å². The fourth-order valence-electron chi connectivity index (χ4n) is 3.02. The summed E-state index contributed by atoms with van der Waals surface area (Å²) < 4.78 is 24.6. The lowest BCUT2D eigenvalue weighted by Gasteiger charge is -2.19. The summed E-state index contributed by atoms with van der Waals surface area (Å²) in [6, 6.07) is 7.10. The number of nitrogens with zero attached hydrogens (tertiary/aromatic N) is 1. The first-order valence-electron chi connectivity index (χ1n) is 7.69. The van der Waals surface area contributed by atoms with Gasteiger partial charge >= 0.3 is 0 Å². The number of benzene rings is 1. The Hall–Kier alpha value is -0.910. The van der Waals surface area contributed by atoms with E-state index in [1.807, 2.05) is 6.92 Å². The molecule has 0 amide bonds. The van der Waals surface area contributed by atoms with Crippen molar-refractivity contribution in [3.05, 3.63) is 34.9 Å². The molecule has 1 unspecified atom stereocenters. The fraction of sp³-hybridized carbons (Fsp3) is 0.625. The molecule has 0 bridgehead atoms. The molecule has 0 spiro atoms. The van der Waals surface area contributed by atoms with Crippen LogP contribution in [0, 0.1) is 6.92 Å². The maximum atomic E-state index is 11.5. The summed E-state index contributed by atoms with van der Waals surface area (Å²) in [6.45, 7) is 6.00. The van der Waals surface area contributed by atoms with Gasteiger partial charge in [0.25, 0.3) is 0 Å². The summed E-state index contributed by atoms with van der Waals surface area (Å²) in [5, 5.41) is 3.57. The molecule has 1 aliphatic carbocycles. The van der Waals surface area contributed by atoms with Crippen LogP contribution in [0.15, 0.2) is 18.2 Å². The first-order valence-corrected chi connectivity index (χ1v) is 9.54. The predicted octanol–water partition coefficient (Wildman–Crippen LogP) is 2.24. The molecule has 1 atom stereocenters. The monoisotopic (exact) mass is 310 g/mol. The first kappa shape index (κ1) is 16.5. The minimum absolute atomic E-state index is 0.424. The van der Waals surface area contributed by atoms with E-state index < -0.39 is 10.0 Å². The van der Waals surface area contributed by atoms with Gasteiger partial charge in [0.05, 0.1) is 6.26 Å². The molecule has 2 rings (SSSR count). The van der Waals surface area contributed by atoms with Crippen LogP contribution < -0.4 is 5.32 Å². The third kappa shape index (κ3) is 4.28. The quantitative estimate of drug-likeness (QED) is 0.786. The molecular formula is C16H26N2O2S. The number of fused-ring (bicyclic) bond motifs is 1. The molecule has 0 aliphatic heterocycles. The second-order valence-corrected chi connectivity index (χ2v) is 7.84. The van der Waals surface area contributed by atoms with Crippen LogP contribution in [0.5, 0.6) is 0 Å². The Morgan fingerprint density at radius 3 is 2.81 bits per heavy atom. The Bertz CT molecular complexity index is 584. The smallest absolute Gasteiger partial charge is 0.211 e. The van der Waals surface area contributed by atoms with Gasteiger partial charge in [-0.2, -0.15) is 0 Å². The van der Waals surface area contributed by atoms with Crippen LogP contribution in [0.25, 0.3) is 0 Å². The van der Waals surface area contributed by atoms with Crippen LogP contribution in [-0.2, 0) is 16.4 Å². The van der Waals surface area contributed by atoms with Gasteiger partial charge in [-0.3, -0.25) is 0 Å². The topological polar surface area (TPSA) is 49.4 Å². The van der Waals surface area contributed by atoms with E-state index in [4.69, 9.17) is 0 Å². The van der Waals surface area contributed by atoms with Crippen molar-refractivity contribution in [2.75, 3.05) is 25.9 Å². The number of sulfonamides is 1. The first-order chi connectivity index (χ1) is 9.91. The summed E-state index contributed by atoms with van der Waals surface area (Å²) in [5.74, 6) is 0. The molecule has 1 N–H and O–H groups in total. The second-order valence-electron chi connectivity index (χ2n) is 5.86. The molecule has 0 radical (unpaired) electrons. The van der Waals surface area contributed by atoms with Gasteiger partial charge in [-0.25, -0.2) is 12.7 Å². The van der Waals surface area contributed by atoms with Crippen LogP contribution in [0.1, 0.15) is 42.5 Å². The van der Waals surface area contributed by atoms with Crippen molar-refractivity contribution in [1.82, 2.24) is 9.62 Å². The SMILES string of the molecule is CCN(CCCNC1CCc2ccc(C)cc21)S(C)(=O)=O. The van der Waals surface area contributed by atoms with Gasteiger partial charge in [0.2, 0.25) is 10.0 Å². The van der Waals surface area contributed by atoms with Crippen molar-refractivity contribution in [3.8, 4) is 0 Å². The number of aryl methyl sites for hydroxylation is 2. The molecule has 0 saturated carbocycles. The molecule has 1 aliphatic rings. The maximum Gasteiger partial charge on any atom is 0.211 e. The largest absolute Gasteiger partial charge is 0.310 e. The number of rotatable bonds is 7. The molecule has 4 nitrogen and oxygen atoms in total. The molecule has 0 fully saturated rings. The summed E-state index contributed by atoms with van der Waals surface area (Å²) in [6.07, 6.45) is 4.40. The summed E-state index contributed by atoms with van der Waals surface area (Å²) in [5.41, 5.74) is 4.17. The highest BCUT2D eigenvalue weighted by molar-refractivity contribution is 7.88. The van der Waals surface area contributed by atoms with Crippen molar-refractivity contribution in [2.24, 2.45) is 0 Å².